The van der Waals surface area contributed by atoms with Gasteiger partial charge in [-0.15, -0.1) is 0 Å². The molecule has 1 amide bonds. The Hall–Kier alpha value is -2.89. The molecular formula is C24H28FN3O2. The van der Waals surface area contributed by atoms with Crippen molar-refractivity contribution in [2.24, 2.45) is 0 Å². The van der Waals surface area contributed by atoms with Crippen LogP contribution in [0.4, 0.5) is 4.39 Å². The number of unbranched alkanes of at least 4 members (excludes halogenated alkanes) is 1. The minimum atomic E-state index is -0.281. The van der Waals surface area contributed by atoms with Crippen LogP contribution in [0.25, 0.3) is 22.7 Å². The van der Waals surface area contributed by atoms with Gasteiger partial charge in [-0.1, -0.05) is 32.6 Å². The van der Waals surface area contributed by atoms with E-state index in [4.69, 9.17) is 4.42 Å². The molecular weight excluding hydrogens is 381 g/mol. The first kappa shape index (κ1) is 20.4. The molecule has 0 bridgehead atoms. The summed E-state index contributed by atoms with van der Waals surface area (Å²) in [5.41, 5.74) is 2.42. The Morgan fingerprint density at radius 2 is 1.93 bits per heavy atom. The van der Waals surface area contributed by atoms with Gasteiger partial charge in [-0.05, 0) is 55.7 Å². The Balaban J connectivity index is 1.70. The standard InChI is InChI=1S/C24H28FN3O2/c1-2-3-15-26-24(29)21-14-13-20(30-21)23-22(17-9-11-18(25)12-10-17)27-16-28(23)19-7-5-4-6-8-19/h9-14,16,19H,2-8,15H2,1H3,(H,26,29). The number of imidazole rings is 1. The summed E-state index contributed by atoms with van der Waals surface area (Å²) < 4.78 is 21.6. The number of carbonyl (C=O) groups is 1. The predicted molar refractivity (Wildman–Crippen MR) is 115 cm³/mol. The summed E-state index contributed by atoms with van der Waals surface area (Å²) in [4.78, 5) is 17.1. The Labute approximate surface area is 176 Å². The molecule has 0 unspecified atom stereocenters. The maximum absolute atomic E-state index is 13.5. The van der Waals surface area contributed by atoms with Gasteiger partial charge in [0.2, 0.25) is 0 Å². The summed E-state index contributed by atoms with van der Waals surface area (Å²) in [6, 6.07) is 10.2. The smallest absolute Gasteiger partial charge is 0.287 e. The molecule has 0 atom stereocenters. The highest BCUT2D eigenvalue weighted by Gasteiger charge is 2.25. The highest BCUT2D eigenvalue weighted by Crippen LogP contribution is 2.38. The third-order valence-electron chi connectivity index (χ3n) is 5.76. The van der Waals surface area contributed by atoms with Gasteiger partial charge in [0.05, 0.1) is 12.0 Å². The lowest BCUT2D eigenvalue weighted by atomic mass is 9.95. The van der Waals surface area contributed by atoms with E-state index >= 15 is 0 Å². The van der Waals surface area contributed by atoms with Crippen molar-refractivity contribution >= 4 is 5.91 Å². The minimum Gasteiger partial charge on any atom is -0.449 e. The van der Waals surface area contributed by atoms with Crippen LogP contribution in [0.15, 0.2) is 47.1 Å². The highest BCUT2D eigenvalue weighted by atomic mass is 19.1. The summed E-state index contributed by atoms with van der Waals surface area (Å²) in [7, 11) is 0. The second kappa shape index (κ2) is 9.28. The van der Waals surface area contributed by atoms with Crippen molar-refractivity contribution in [3.8, 4) is 22.7 Å². The fourth-order valence-corrected chi connectivity index (χ4v) is 4.11. The van der Waals surface area contributed by atoms with E-state index in [1.807, 2.05) is 12.4 Å². The summed E-state index contributed by atoms with van der Waals surface area (Å²) in [5, 5.41) is 2.89. The Morgan fingerprint density at radius 3 is 2.67 bits per heavy atom. The lowest BCUT2D eigenvalue weighted by Gasteiger charge is -2.24. The van der Waals surface area contributed by atoms with E-state index in [9.17, 15) is 9.18 Å². The van der Waals surface area contributed by atoms with Gasteiger partial charge in [-0.3, -0.25) is 4.79 Å². The molecule has 5 nitrogen and oxygen atoms in total. The van der Waals surface area contributed by atoms with Crippen LogP contribution in [-0.4, -0.2) is 22.0 Å². The number of hydrogen-bond donors (Lipinski definition) is 1. The van der Waals surface area contributed by atoms with Gasteiger partial charge in [0, 0.05) is 18.2 Å². The van der Waals surface area contributed by atoms with E-state index in [2.05, 4.69) is 21.8 Å². The lowest BCUT2D eigenvalue weighted by Crippen LogP contribution is -2.23. The third kappa shape index (κ3) is 4.32. The first-order chi connectivity index (χ1) is 14.7. The molecule has 0 aliphatic heterocycles. The Morgan fingerprint density at radius 1 is 1.17 bits per heavy atom. The number of aromatic nitrogens is 2. The third-order valence-corrected chi connectivity index (χ3v) is 5.76. The molecule has 1 aliphatic carbocycles. The molecule has 6 heteroatoms. The fourth-order valence-electron chi connectivity index (χ4n) is 4.11. The number of nitrogens with zero attached hydrogens (tertiary/aromatic N) is 2. The van der Waals surface area contributed by atoms with Gasteiger partial charge in [-0.2, -0.15) is 0 Å². The fraction of sp³-hybridized carbons (Fsp3) is 0.417. The van der Waals surface area contributed by atoms with Crippen LogP contribution in [0.2, 0.25) is 0 Å². The van der Waals surface area contributed by atoms with E-state index in [1.165, 1.54) is 31.4 Å². The summed E-state index contributed by atoms with van der Waals surface area (Å²) in [6.07, 6.45) is 9.64. The molecule has 4 rings (SSSR count). The van der Waals surface area contributed by atoms with Crippen molar-refractivity contribution in [1.82, 2.24) is 14.9 Å². The van der Waals surface area contributed by atoms with Gasteiger partial charge in [-0.25, -0.2) is 9.37 Å². The molecule has 2 aromatic heterocycles. The predicted octanol–water partition coefficient (Wildman–Crippen LogP) is 5.98. The van der Waals surface area contributed by atoms with Crippen LogP contribution in [0.1, 0.15) is 68.5 Å². The molecule has 1 fully saturated rings. The normalized spacial score (nSPS) is 14.7. The summed E-state index contributed by atoms with van der Waals surface area (Å²) in [6.45, 7) is 2.72. The van der Waals surface area contributed by atoms with Crippen molar-refractivity contribution in [1.29, 1.82) is 0 Å². The molecule has 30 heavy (non-hydrogen) atoms. The molecule has 0 saturated heterocycles. The van der Waals surface area contributed by atoms with Crippen LogP contribution >= 0.6 is 0 Å². The molecule has 2 heterocycles. The van der Waals surface area contributed by atoms with Crippen molar-refractivity contribution in [2.75, 3.05) is 6.54 Å². The average molecular weight is 410 g/mol. The zero-order valence-corrected chi connectivity index (χ0v) is 17.4. The topological polar surface area (TPSA) is 60.1 Å². The molecule has 158 valence electrons. The van der Waals surface area contributed by atoms with Gasteiger partial charge in [0.15, 0.2) is 11.5 Å². The molecule has 1 aromatic carbocycles. The zero-order chi connectivity index (χ0) is 20.9. The minimum absolute atomic E-state index is 0.207. The van der Waals surface area contributed by atoms with E-state index < -0.39 is 0 Å². The van der Waals surface area contributed by atoms with Crippen molar-refractivity contribution in [3.63, 3.8) is 0 Å². The van der Waals surface area contributed by atoms with Crippen LogP contribution in [-0.2, 0) is 0 Å². The maximum Gasteiger partial charge on any atom is 0.287 e. The number of halogens is 1. The SMILES string of the molecule is CCCCNC(=O)c1ccc(-c2c(-c3ccc(F)cc3)ncn2C2CCCCC2)o1. The lowest BCUT2D eigenvalue weighted by molar-refractivity contribution is 0.0926. The molecule has 0 spiro atoms. The van der Waals surface area contributed by atoms with Gasteiger partial charge < -0.3 is 14.3 Å². The summed E-state index contributed by atoms with van der Waals surface area (Å²) >= 11 is 0. The first-order valence-corrected chi connectivity index (χ1v) is 10.9. The number of hydrogen-bond acceptors (Lipinski definition) is 3. The molecule has 1 aliphatic rings. The number of amides is 1. The molecule has 1 saturated carbocycles. The number of carbonyl (C=O) groups excluding carboxylic acids is 1. The zero-order valence-electron chi connectivity index (χ0n) is 17.4. The summed E-state index contributed by atoms with van der Waals surface area (Å²) in [5.74, 6) is 0.415. The number of rotatable bonds is 7. The van der Waals surface area contributed by atoms with E-state index in [1.54, 1.807) is 18.2 Å². The van der Waals surface area contributed by atoms with Crippen molar-refractivity contribution in [2.45, 2.75) is 57.9 Å². The number of nitrogens with one attached hydrogen (secondary N) is 1. The van der Waals surface area contributed by atoms with E-state index in [0.717, 1.165) is 42.6 Å². The Kier molecular flexibility index (Phi) is 6.31. The Bertz CT molecular complexity index is 984. The van der Waals surface area contributed by atoms with Crippen molar-refractivity contribution < 1.29 is 13.6 Å². The maximum atomic E-state index is 13.5. The van der Waals surface area contributed by atoms with Crippen LogP contribution < -0.4 is 5.32 Å². The second-order valence-electron chi connectivity index (χ2n) is 7.92. The van der Waals surface area contributed by atoms with Gasteiger partial charge >= 0.3 is 0 Å². The quantitative estimate of drug-likeness (QED) is 0.488. The molecule has 1 N–H and O–H groups in total. The monoisotopic (exact) mass is 409 g/mol. The van der Waals surface area contributed by atoms with Crippen LogP contribution in [0.5, 0.6) is 0 Å². The largest absolute Gasteiger partial charge is 0.449 e. The van der Waals surface area contributed by atoms with Gasteiger partial charge in [0.25, 0.3) is 5.91 Å². The highest BCUT2D eigenvalue weighted by molar-refractivity contribution is 5.92. The second-order valence-corrected chi connectivity index (χ2v) is 7.92. The van der Waals surface area contributed by atoms with Crippen molar-refractivity contribution in [3.05, 3.63) is 54.3 Å². The molecule has 3 aromatic rings. The number of furan rings is 1. The van der Waals surface area contributed by atoms with E-state index in [0.29, 0.717) is 24.1 Å². The first-order valence-electron chi connectivity index (χ1n) is 10.9. The molecule has 0 radical (unpaired) electrons. The van der Waals surface area contributed by atoms with Crippen LogP contribution in [0.3, 0.4) is 0 Å². The van der Waals surface area contributed by atoms with Gasteiger partial charge in [0.1, 0.15) is 11.5 Å². The number of benzene rings is 1. The average Bonchev–Trinajstić information content (AvgIpc) is 3.42. The van der Waals surface area contributed by atoms with E-state index in [-0.39, 0.29) is 11.7 Å². The van der Waals surface area contributed by atoms with Crippen LogP contribution in [0, 0.1) is 5.82 Å².